The Balaban J connectivity index is 5.32. The van der Waals surface area contributed by atoms with Crippen molar-refractivity contribution >= 4 is 23.5 Å². The fourth-order valence-corrected chi connectivity index (χ4v) is 1.10. The Kier molecular flexibility index (Phi) is 6.65. The number of ketones is 2. The van der Waals surface area contributed by atoms with E-state index in [1.165, 1.54) is 6.92 Å². The number of carbonyl (C=O) groups excluding carboxylic acids is 4. The molecule has 0 radical (unpaired) electrons. The van der Waals surface area contributed by atoms with Crippen LogP contribution in [-0.4, -0.2) is 43.1 Å². The highest BCUT2D eigenvalue weighted by Gasteiger charge is 2.24. The molecule has 0 atom stereocenters. The summed E-state index contributed by atoms with van der Waals surface area (Å²) in [6, 6.07) is 0. The number of ether oxygens (including phenoxy) is 1. The molecule has 0 rings (SSSR count). The molecule has 0 aromatic heterocycles. The molecule has 0 aliphatic heterocycles. The molecule has 0 aliphatic rings. The van der Waals surface area contributed by atoms with Gasteiger partial charge in [-0.2, -0.15) is 0 Å². The molecule has 0 saturated carbocycles. The first-order valence-corrected chi connectivity index (χ1v) is 5.01. The van der Waals surface area contributed by atoms with Crippen LogP contribution in [0.1, 0.15) is 6.92 Å². The molecule has 0 unspecified atom stereocenters. The number of esters is 2. The van der Waals surface area contributed by atoms with Crippen molar-refractivity contribution in [1.82, 2.24) is 0 Å². The SMILES string of the molecule is CC(C(=O)OC(=O)CN)=C(C(=O)CN)C(=O)CN. The van der Waals surface area contributed by atoms with Crippen molar-refractivity contribution < 1.29 is 23.9 Å². The van der Waals surface area contributed by atoms with E-state index >= 15 is 0 Å². The van der Waals surface area contributed by atoms with Gasteiger partial charge in [0.25, 0.3) is 0 Å². The summed E-state index contributed by atoms with van der Waals surface area (Å²) in [4.78, 5) is 45.1. The lowest BCUT2D eigenvalue weighted by atomic mass is 10.0. The number of carbonyl (C=O) groups is 4. The minimum atomic E-state index is -1.12. The molecular formula is C10H15N3O5. The quantitative estimate of drug-likeness (QED) is 0.202. The van der Waals surface area contributed by atoms with Gasteiger partial charge in [-0.3, -0.25) is 14.4 Å². The van der Waals surface area contributed by atoms with Gasteiger partial charge < -0.3 is 21.9 Å². The first kappa shape index (κ1) is 16.1. The smallest absolute Gasteiger partial charge is 0.342 e. The highest BCUT2D eigenvalue weighted by molar-refractivity contribution is 6.25. The maximum absolute atomic E-state index is 11.5. The van der Waals surface area contributed by atoms with E-state index in [1.54, 1.807) is 0 Å². The topological polar surface area (TPSA) is 156 Å². The fraction of sp³-hybridized carbons (Fsp3) is 0.400. The van der Waals surface area contributed by atoms with Gasteiger partial charge in [-0.05, 0) is 6.92 Å². The molecule has 0 aliphatic carbocycles. The summed E-state index contributed by atoms with van der Waals surface area (Å²) < 4.78 is 4.28. The average molecular weight is 257 g/mol. The summed E-state index contributed by atoms with van der Waals surface area (Å²) in [6.45, 7) is -0.250. The van der Waals surface area contributed by atoms with E-state index in [2.05, 4.69) is 4.74 Å². The van der Waals surface area contributed by atoms with Gasteiger partial charge in [0, 0.05) is 5.57 Å². The summed E-state index contributed by atoms with van der Waals surface area (Å²) >= 11 is 0. The number of nitrogens with two attached hydrogens (primary N) is 3. The highest BCUT2D eigenvalue weighted by Crippen LogP contribution is 2.09. The van der Waals surface area contributed by atoms with E-state index in [-0.39, 0.29) is 5.57 Å². The highest BCUT2D eigenvalue weighted by atomic mass is 16.6. The van der Waals surface area contributed by atoms with Gasteiger partial charge in [0.05, 0.1) is 25.2 Å². The van der Waals surface area contributed by atoms with Crippen LogP contribution in [0.4, 0.5) is 0 Å². The van der Waals surface area contributed by atoms with Crippen molar-refractivity contribution in [3.05, 3.63) is 11.1 Å². The van der Waals surface area contributed by atoms with E-state index < -0.39 is 48.7 Å². The Bertz CT molecular complexity index is 396. The molecule has 0 bridgehead atoms. The summed E-state index contributed by atoms with van der Waals surface area (Å²) in [5, 5.41) is 0. The van der Waals surface area contributed by atoms with Crippen LogP contribution in [-0.2, 0) is 23.9 Å². The second kappa shape index (κ2) is 7.43. The predicted molar refractivity (Wildman–Crippen MR) is 61.0 cm³/mol. The molecule has 8 heteroatoms. The molecule has 0 aromatic rings. The van der Waals surface area contributed by atoms with Crippen molar-refractivity contribution in [3.8, 4) is 0 Å². The van der Waals surface area contributed by atoms with E-state index in [9.17, 15) is 19.2 Å². The second-order valence-electron chi connectivity index (χ2n) is 3.22. The van der Waals surface area contributed by atoms with Crippen molar-refractivity contribution in [3.63, 3.8) is 0 Å². The molecule has 8 nitrogen and oxygen atoms in total. The summed E-state index contributed by atoms with van der Waals surface area (Å²) in [6.07, 6.45) is 0. The van der Waals surface area contributed by atoms with Crippen LogP contribution < -0.4 is 17.2 Å². The lowest BCUT2D eigenvalue weighted by Gasteiger charge is -2.07. The van der Waals surface area contributed by atoms with Crippen LogP contribution in [0, 0.1) is 0 Å². The zero-order chi connectivity index (χ0) is 14.3. The van der Waals surface area contributed by atoms with Crippen LogP contribution in [0.3, 0.4) is 0 Å². The van der Waals surface area contributed by atoms with Crippen molar-refractivity contribution in [2.75, 3.05) is 19.6 Å². The zero-order valence-electron chi connectivity index (χ0n) is 9.89. The first-order valence-electron chi connectivity index (χ1n) is 5.01. The van der Waals surface area contributed by atoms with Gasteiger partial charge in [0.1, 0.15) is 0 Å². The van der Waals surface area contributed by atoms with Crippen molar-refractivity contribution in [2.24, 2.45) is 17.2 Å². The first-order chi connectivity index (χ1) is 8.38. The maximum atomic E-state index is 11.5. The predicted octanol–water partition coefficient (Wildman–Crippen LogP) is -2.61. The minimum Gasteiger partial charge on any atom is -0.389 e. The normalized spacial score (nSPS) is 9.56. The Hall–Kier alpha value is -1.90. The molecule has 0 aromatic carbocycles. The van der Waals surface area contributed by atoms with Gasteiger partial charge in [-0.25, -0.2) is 4.79 Å². The van der Waals surface area contributed by atoms with Gasteiger partial charge >= 0.3 is 11.9 Å². The molecule has 0 saturated heterocycles. The standard InChI is InChI=1S/C10H15N3O5/c1-5(10(17)18-8(16)4-13)9(6(14)2-11)7(15)3-12/h2-4,11-13H2,1H3. The Labute approximate surface area is 103 Å². The van der Waals surface area contributed by atoms with Crippen molar-refractivity contribution in [1.29, 1.82) is 0 Å². The number of Topliss-reactive ketones (excluding diaryl/α,β-unsaturated/α-hetero) is 2. The summed E-state index contributed by atoms with van der Waals surface area (Å²) in [5.41, 5.74) is 14.4. The number of hydrogen-bond donors (Lipinski definition) is 3. The zero-order valence-corrected chi connectivity index (χ0v) is 9.89. The molecule has 0 heterocycles. The minimum absolute atomic E-state index is 0.317. The number of hydrogen-bond acceptors (Lipinski definition) is 8. The third kappa shape index (κ3) is 4.17. The van der Waals surface area contributed by atoms with Gasteiger partial charge in [-0.1, -0.05) is 0 Å². The Morgan fingerprint density at radius 2 is 1.33 bits per heavy atom. The lowest BCUT2D eigenvalue weighted by Crippen LogP contribution is -2.29. The van der Waals surface area contributed by atoms with Crippen LogP contribution in [0.2, 0.25) is 0 Å². The van der Waals surface area contributed by atoms with E-state index in [0.717, 1.165) is 0 Å². The monoisotopic (exact) mass is 257 g/mol. The average Bonchev–Trinajstić information content (AvgIpc) is 2.37. The molecule has 0 fully saturated rings. The molecule has 6 N–H and O–H groups in total. The van der Waals surface area contributed by atoms with Crippen LogP contribution >= 0.6 is 0 Å². The van der Waals surface area contributed by atoms with E-state index in [0.29, 0.717) is 0 Å². The fourth-order valence-electron chi connectivity index (χ4n) is 1.10. The lowest BCUT2D eigenvalue weighted by molar-refractivity contribution is -0.156. The van der Waals surface area contributed by atoms with Gasteiger partial charge in [-0.15, -0.1) is 0 Å². The molecule has 0 amide bonds. The maximum Gasteiger partial charge on any atom is 0.342 e. The largest absolute Gasteiger partial charge is 0.389 e. The van der Waals surface area contributed by atoms with E-state index in [1.807, 2.05) is 0 Å². The molecule has 0 spiro atoms. The van der Waals surface area contributed by atoms with Crippen molar-refractivity contribution in [2.45, 2.75) is 6.92 Å². The summed E-state index contributed by atoms with van der Waals surface area (Å²) in [5.74, 6) is -3.59. The van der Waals surface area contributed by atoms with Crippen LogP contribution in [0.25, 0.3) is 0 Å². The Morgan fingerprint density at radius 3 is 1.67 bits per heavy atom. The number of rotatable bonds is 6. The summed E-state index contributed by atoms with van der Waals surface area (Å²) in [7, 11) is 0. The van der Waals surface area contributed by atoms with Gasteiger partial charge in [0.2, 0.25) is 0 Å². The van der Waals surface area contributed by atoms with Crippen LogP contribution in [0.15, 0.2) is 11.1 Å². The van der Waals surface area contributed by atoms with E-state index in [4.69, 9.17) is 17.2 Å². The molecule has 100 valence electrons. The molecule has 18 heavy (non-hydrogen) atoms. The second-order valence-corrected chi connectivity index (χ2v) is 3.22. The molecular weight excluding hydrogens is 242 g/mol. The third-order valence-electron chi connectivity index (χ3n) is 1.98. The Morgan fingerprint density at radius 1 is 0.889 bits per heavy atom. The van der Waals surface area contributed by atoms with Crippen LogP contribution in [0.5, 0.6) is 0 Å². The van der Waals surface area contributed by atoms with Gasteiger partial charge in [0.15, 0.2) is 11.6 Å². The third-order valence-corrected chi connectivity index (χ3v) is 1.98.